The van der Waals surface area contributed by atoms with E-state index < -0.39 is 0 Å². The number of likely N-dealkylation sites (N-methyl/N-ethyl adjacent to an activating group) is 1. The fourth-order valence-electron chi connectivity index (χ4n) is 1.60. The Morgan fingerprint density at radius 3 is 2.94 bits per heavy atom. The van der Waals surface area contributed by atoms with Crippen molar-refractivity contribution in [3.8, 4) is 0 Å². The molecule has 0 aliphatic heterocycles. The van der Waals surface area contributed by atoms with Gasteiger partial charge in [-0.2, -0.15) is 0 Å². The van der Waals surface area contributed by atoms with Crippen LogP contribution >= 0.6 is 22.9 Å². The summed E-state index contributed by atoms with van der Waals surface area (Å²) in [7, 11) is 0. The summed E-state index contributed by atoms with van der Waals surface area (Å²) in [6, 6.07) is 0.311. The molecule has 0 saturated carbocycles. The molecule has 0 aliphatic rings. The third-order valence-electron chi connectivity index (χ3n) is 2.34. The molecule has 2 rings (SSSR count). The molecule has 0 fully saturated rings. The summed E-state index contributed by atoms with van der Waals surface area (Å²) in [4.78, 5) is 6.62. The molecule has 0 radical (unpaired) electrons. The Morgan fingerprint density at radius 1 is 1.50 bits per heavy atom. The molecule has 2 aromatic heterocycles. The first-order chi connectivity index (χ1) is 7.81. The lowest BCUT2D eigenvalue weighted by molar-refractivity contribution is 0.558. The van der Waals surface area contributed by atoms with Crippen molar-refractivity contribution in [3.05, 3.63) is 27.2 Å². The highest BCUT2D eigenvalue weighted by Gasteiger charge is 2.17. The number of aryl methyl sites for hydroxylation is 1. The van der Waals surface area contributed by atoms with Crippen LogP contribution in [0.5, 0.6) is 0 Å². The normalized spacial score (nSPS) is 12.9. The van der Waals surface area contributed by atoms with Crippen molar-refractivity contribution in [3.63, 3.8) is 0 Å². The van der Waals surface area contributed by atoms with Gasteiger partial charge in [0.25, 0.3) is 0 Å². The second-order valence-electron chi connectivity index (χ2n) is 3.50. The molecule has 86 valence electrons. The molecule has 1 N–H and O–H groups in total. The highest BCUT2D eigenvalue weighted by molar-refractivity contribution is 7.09. The van der Waals surface area contributed by atoms with E-state index in [4.69, 9.17) is 0 Å². The Kier molecular flexibility index (Phi) is 3.98. The first-order valence-corrected chi connectivity index (χ1v) is 6.86. The summed E-state index contributed by atoms with van der Waals surface area (Å²) in [6.45, 7) is 5.07. The molecule has 6 heteroatoms. The minimum atomic E-state index is 0.311. The van der Waals surface area contributed by atoms with Crippen LogP contribution < -0.4 is 5.32 Å². The Hall–Kier alpha value is -0.850. The number of hydrogen-bond acceptors (Lipinski definition) is 6. The van der Waals surface area contributed by atoms with E-state index in [0.29, 0.717) is 6.04 Å². The molecule has 0 aromatic carbocycles. The van der Waals surface area contributed by atoms with E-state index in [2.05, 4.69) is 26.8 Å². The Balaban J connectivity index is 2.14. The molecular weight excluding hydrogens is 240 g/mol. The number of nitrogens with one attached hydrogen (secondary N) is 1. The molecule has 1 atom stereocenters. The number of hydrogen-bond donors (Lipinski definition) is 1. The summed E-state index contributed by atoms with van der Waals surface area (Å²) >= 11 is 3.17. The first-order valence-electron chi connectivity index (χ1n) is 5.21. The maximum atomic E-state index is 4.10. The van der Waals surface area contributed by atoms with Crippen LogP contribution in [0.25, 0.3) is 0 Å². The standard InChI is InChI=1S/C10H14N4S2/c1-3-12-9(4-8-5-11-6-15-8)10-7(2)13-14-16-10/h5-6,9,12H,3-4H2,1-2H3. The van der Waals surface area contributed by atoms with E-state index in [1.54, 1.807) is 11.3 Å². The van der Waals surface area contributed by atoms with Crippen molar-refractivity contribution in [2.75, 3.05) is 6.54 Å². The molecule has 0 aliphatic carbocycles. The predicted octanol–water partition coefficient (Wildman–Crippen LogP) is 2.20. The molecule has 0 saturated heterocycles. The molecule has 4 nitrogen and oxygen atoms in total. The van der Waals surface area contributed by atoms with Gasteiger partial charge in [0.2, 0.25) is 0 Å². The first kappa shape index (κ1) is 11.6. The van der Waals surface area contributed by atoms with Crippen molar-refractivity contribution in [2.24, 2.45) is 0 Å². The topological polar surface area (TPSA) is 50.7 Å². The van der Waals surface area contributed by atoms with Gasteiger partial charge < -0.3 is 5.32 Å². The maximum absolute atomic E-state index is 4.10. The predicted molar refractivity (Wildman–Crippen MR) is 66.9 cm³/mol. The van der Waals surface area contributed by atoms with Crippen LogP contribution in [0.3, 0.4) is 0 Å². The van der Waals surface area contributed by atoms with E-state index in [1.165, 1.54) is 21.3 Å². The van der Waals surface area contributed by atoms with Crippen LogP contribution in [0.4, 0.5) is 0 Å². The Bertz CT molecular complexity index is 424. The van der Waals surface area contributed by atoms with Gasteiger partial charge in [-0.3, -0.25) is 4.98 Å². The second kappa shape index (κ2) is 5.47. The second-order valence-corrected chi connectivity index (χ2v) is 5.26. The highest BCUT2D eigenvalue weighted by Crippen LogP contribution is 2.24. The molecule has 1 unspecified atom stereocenters. The summed E-state index contributed by atoms with van der Waals surface area (Å²) in [5, 5.41) is 7.54. The fourth-order valence-corrected chi connectivity index (χ4v) is 2.96. The van der Waals surface area contributed by atoms with Crippen molar-refractivity contribution in [2.45, 2.75) is 26.3 Å². The van der Waals surface area contributed by atoms with E-state index in [9.17, 15) is 0 Å². The lowest BCUT2D eigenvalue weighted by Gasteiger charge is -2.15. The molecule has 16 heavy (non-hydrogen) atoms. The van der Waals surface area contributed by atoms with E-state index >= 15 is 0 Å². The maximum Gasteiger partial charge on any atom is 0.0794 e. The number of rotatable bonds is 5. The average molecular weight is 254 g/mol. The van der Waals surface area contributed by atoms with Crippen LogP contribution in [0.15, 0.2) is 11.7 Å². The zero-order valence-electron chi connectivity index (χ0n) is 9.30. The molecule has 2 aromatic rings. The van der Waals surface area contributed by atoms with Crippen molar-refractivity contribution < 1.29 is 0 Å². The van der Waals surface area contributed by atoms with E-state index in [1.807, 2.05) is 18.6 Å². The molecule has 2 heterocycles. The van der Waals surface area contributed by atoms with Gasteiger partial charge in [0.15, 0.2) is 0 Å². The number of nitrogens with zero attached hydrogens (tertiary/aromatic N) is 3. The molecule has 0 amide bonds. The molecule has 0 spiro atoms. The zero-order chi connectivity index (χ0) is 11.4. The summed E-state index contributed by atoms with van der Waals surface area (Å²) in [5.41, 5.74) is 2.90. The van der Waals surface area contributed by atoms with Crippen LogP contribution in [-0.4, -0.2) is 21.1 Å². The largest absolute Gasteiger partial charge is 0.309 e. The summed E-state index contributed by atoms with van der Waals surface area (Å²) in [6.07, 6.45) is 2.89. The zero-order valence-corrected chi connectivity index (χ0v) is 10.9. The van der Waals surface area contributed by atoms with Gasteiger partial charge in [0, 0.05) is 23.5 Å². The van der Waals surface area contributed by atoms with Crippen molar-refractivity contribution in [1.82, 2.24) is 19.9 Å². The lowest BCUT2D eigenvalue weighted by atomic mass is 10.1. The van der Waals surface area contributed by atoms with Gasteiger partial charge in [0.1, 0.15) is 0 Å². The Labute approximate surface area is 103 Å². The third-order valence-corrected chi connectivity index (χ3v) is 4.08. The summed E-state index contributed by atoms with van der Waals surface area (Å²) < 4.78 is 3.99. The minimum Gasteiger partial charge on any atom is -0.309 e. The van der Waals surface area contributed by atoms with Crippen LogP contribution in [0.1, 0.15) is 28.4 Å². The van der Waals surface area contributed by atoms with Gasteiger partial charge in [0.05, 0.1) is 16.1 Å². The third kappa shape index (κ3) is 2.63. The van der Waals surface area contributed by atoms with Crippen LogP contribution in [0, 0.1) is 6.92 Å². The number of aromatic nitrogens is 3. The van der Waals surface area contributed by atoms with Gasteiger partial charge in [-0.05, 0) is 25.0 Å². The SMILES string of the molecule is CCNC(Cc1cncs1)c1snnc1C. The van der Waals surface area contributed by atoms with E-state index in [0.717, 1.165) is 18.7 Å². The summed E-state index contributed by atoms with van der Waals surface area (Å²) in [5.74, 6) is 0. The quantitative estimate of drug-likeness (QED) is 0.888. The molecular formula is C10H14N4S2. The van der Waals surface area contributed by atoms with Gasteiger partial charge >= 0.3 is 0 Å². The highest BCUT2D eigenvalue weighted by atomic mass is 32.1. The number of thiazole rings is 1. The van der Waals surface area contributed by atoms with Crippen molar-refractivity contribution >= 4 is 22.9 Å². The van der Waals surface area contributed by atoms with Gasteiger partial charge in [-0.1, -0.05) is 11.4 Å². The van der Waals surface area contributed by atoms with E-state index in [-0.39, 0.29) is 0 Å². The monoisotopic (exact) mass is 254 g/mol. The average Bonchev–Trinajstić information content (AvgIpc) is 2.88. The fraction of sp³-hybridized carbons (Fsp3) is 0.500. The minimum absolute atomic E-state index is 0.311. The molecule has 0 bridgehead atoms. The smallest absolute Gasteiger partial charge is 0.0794 e. The van der Waals surface area contributed by atoms with Crippen LogP contribution in [0.2, 0.25) is 0 Å². The van der Waals surface area contributed by atoms with Crippen molar-refractivity contribution in [1.29, 1.82) is 0 Å². The lowest BCUT2D eigenvalue weighted by Crippen LogP contribution is -2.22. The van der Waals surface area contributed by atoms with Gasteiger partial charge in [-0.15, -0.1) is 16.4 Å². The Morgan fingerprint density at radius 2 is 2.38 bits per heavy atom. The van der Waals surface area contributed by atoms with Gasteiger partial charge in [-0.25, -0.2) is 0 Å². The van der Waals surface area contributed by atoms with Crippen LogP contribution in [-0.2, 0) is 6.42 Å².